The summed E-state index contributed by atoms with van der Waals surface area (Å²) in [6.07, 6.45) is 0. The van der Waals surface area contributed by atoms with Crippen LogP contribution in [0.1, 0.15) is 24.4 Å². The number of benzene rings is 1. The van der Waals surface area contributed by atoms with E-state index in [1.165, 1.54) is 6.07 Å². The zero-order valence-corrected chi connectivity index (χ0v) is 12.8. The maximum absolute atomic E-state index is 12.0. The van der Waals surface area contributed by atoms with Crippen molar-refractivity contribution in [2.75, 3.05) is 0 Å². The number of carbonyl (C=O) groups excluding carboxylic acids is 1. The number of aliphatic carboxylic acids is 1. The lowest BCUT2D eigenvalue weighted by atomic mass is 10.0. The van der Waals surface area contributed by atoms with Crippen molar-refractivity contribution in [1.29, 1.82) is 0 Å². The Morgan fingerprint density at radius 1 is 1.32 bits per heavy atom. The third-order valence-electron chi connectivity index (χ3n) is 3.07. The first-order chi connectivity index (χ1) is 10.4. The van der Waals surface area contributed by atoms with E-state index in [-0.39, 0.29) is 11.7 Å². The first-order valence-corrected chi connectivity index (χ1v) is 7.02. The molecule has 0 bridgehead atoms. The normalized spacial score (nSPS) is 12.2. The number of halogens is 1. The van der Waals surface area contributed by atoms with Gasteiger partial charge in [0.05, 0.1) is 0 Å². The van der Waals surface area contributed by atoms with Gasteiger partial charge in [0, 0.05) is 16.7 Å². The van der Waals surface area contributed by atoms with Crippen LogP contribution in [0.5, 0.6) is 0 Å². The largest absolute Gasteiger partial charge is 0.480 e. The van der Waals surface area contributed by atoms with Crippen LogP contribution in [0.15, 0.2) is 34.9 Å². The van der Waals surface area contributed by atoms with Gasteiger partial charge >= 0.3 is 5.97 Å². The van der Waals surface area contributed by atoms with Crippen LogP contribution in [0.2, 0.25) is 5.02 Å². The Kier molecular flexibility index (Phi) is 4.82. The van der Waals surface area contributed by atoms with Crippen molar-refractivity contribution in [3.63, 3.8) is 0 Å². The van der Waals surface area contributed by atoms with Gasteiger partial charge in [0.15, 0.2) is 0 Å². The Morgan fingerprint density at radius 2 is 2.05 bits per heavy atom. The molecule has 0 unspecified atom stereocenters. The van der Waals surface area contributed by atoms with Crippen molar-refractivity contribution >= 4 is 23.5 Å². The molecule has 6 nitrogen and oxygen atoms in total. The van der Waals surface area contributed by atoms with Gasteiger partial charge in [-0.3, -0.25) is 4.79 Å². The van der Waals surface area contributed by atoms with Gasteiger partial charge in [-0.15, -0.1) is 0 Å². The zero-order chi connectivity index (χ0) is 16.3. The molecule has 0 fully saturated rings. The summed E-state index contributed by atoms with van der Waals surface area (Å²) in [7, 11) is 0. The smallest absolute Gasteiger partial charge is 0.326 e. The lowest BCUT2D eigenvalue weighted by Gasteiger charge is -2.16. The van der Waals surface area contributed by atoms with Crippen LogP contribution in [0.25, 0.3) is 11.3 Å². The standard InChI is InChI=1S/C15H15ClN2O4/c1-8(2)13(15(20)21)17-14(19)12-7-11(18-22-12)9-4-3-5-10(16)6-9/h3-8,13H,1-2H3,(H,17,19)(H,20,21)/t13-/m0/s1. The van der Waals surface area contributed by atoms with Crippen molar-refractivity contribution in [1.82, 2.24) is 10.5 Å². The van der Waals surface area contributed by atoms with Gasteiger partial charge in [0.25, 0.3) is 5.91 Å². The minimum Gasteiger partial charge on any atom is -0.480 e. The summed E-state index contributed by atoms with van der Waals surface area (Å²) >= 11 is 5.90. The fraction of sp³-hybridized carbons (Fsp3) is 0.267. The molecule has 1 amide bonds. The Bertz CT molecular complexity index is 696. The highest BCUT2D eigenvalue weighted by molar-refractivity contribution is 6.30. The summed E-state index contributed by atoms with van der Waals surface area (Å²) < 4.78 is 4.98. The van der Waals surface area contributed by atoms with Gasteiger partial charge < -0.3 is 14.9 Å². The van der Waals surface area contributed by atoms with Crippen LogP contribution in [0.4, 0.5) is 0 Å². The molecule has 0 spiro atoms. The molecule has 0 aliphatic heterocycles. The number of rotatable bonds is 5. The molecule has 2 N–H and O–H groups in total. The molecule has 2 rings (SSSR count). The van der Waals surface area contributed by atoms with E-state index >= 15 is 0 Å². The SMILES string of the molecule is CC(C)[C@H](NC(=O)c1cc(-c2cccc(Cl)c2)no1)C(=O)O. The number of hydrogen-bond donors (Lipinski definition) is 2. The van der Waals surface area contributed by atoms with E-state index in [4.69, 9.17) is 21.2 Å². The first-order valence-electron chi connectivity index (χ1n) is 6.65. The minimum atomic E-state index is -1.10. The van der Waals surface area contributed by atoms with Gasteiger partial charge in [0.1, 0.15) is 11.7 Å². The number of carbonyl (C=O) groups is 2. The summed E-state index contributed by atoms with van der Waals surface area (Å²) in [5.74, 6) is -2.03. The molecule has 22 heavy (non-hydrogen) atoms. The van der Waals surface area contributed by atoms with E-state index in [0.29, 0.717) is 16.3 Å². The van der Waals surface area contributed by atoms with Gasteiger partial charge in [-0.05, 0) is 18.1 Å². The number of amides is 1. The fourth-order valence-corrected chi connectivity index (χ4v) is 2.08. The molecule has 1 aromatic carbocycles. The second-order valence-corrected chi connectivity index (χ2v) is 5.56. The lowest BCUT2D eigenvalue weighted by Crippen LogP contribution is -2.44. The van der Waals surface area contributed by atoms with E-state index in [1.807, 2.05) is 0 Å². The van der Waals surface area contributed by atoms with Gasteiger partial charge in [-0.25, -0.2) is 4.79 Å². The predicted molar refractivity (Wildman–Crippen MR) is 80.7 cm³/mol. The molecule has 1 atom stereocenters. The molecule has 0 aliphatic carbocycles. The Morgan fingerprint density at radius 3 is 2.64 bits per heavy atom. The van der Waals surface area contributed by atoms with Crippen LogP contribution in [0, 0.1) is 5.92 Å². The molecular weight excluding hydrogens is 308 g/mol. The molecule has 0 saturated carbocycles. The number of carboxylic acid groups (broad SMARTS) is 1. The summed E-state index contributed by atoms with van der Waals surface area (Å²) in [4.78, 5) is 23.1. The van der Waals surface area contributed by atoms with Crippen LogP contribution < -0.4 is 5.32 Å². The van der Waals surface area contributed by atoms with Crippen molar-refractivity contribution in [2.24, 2.45) is 5.92 Å². The zero-order valence-electron chi connectivity index (χ0n) is 12.0. The van der Waals surface area contributed by atoms with Crippen molar-refractivity contribution < 1.29 is 19.2 Å². The van der Waals surface area contributed by atoms with Gasteiger partial charge in [0.2, 0.25) is 5.76 Å². The Balaban J connectivity index is 2.17. The van der Waals surface area contributed by atoms with Crippen molar-refractivity contribution in [3.05, 3.63) is 41.1 Å². The average Bonchev–Trinajstić information content (AvgIpc) is 2.93. The van der Waals surface area contributed by atoms with Crippen molar-refractivity contribution in [2.45, 2.75) is 19.9 Å². The van der Waals surface area contributed by atoms with E-state index in [9.17, 15) is 9.59 Å². The molecule has 116 valence electrons. The predicted octanol–water partition coefficient (Wildman–Crippen LogP) is 2.83. The highest BCUT2D eigenvalue weighted by Crippen LogP contribution is 2.22. The van der Waals surface area contributed by atoms with E-state index in [2.05, 4.69) is 10.5 Å². The van der Waals surface area contributed by atoms with Crippen molar-refractivity contribution in [3.8, 4) is 11.3 Å². The Labute approximate surface area is 132 Å². The third-order valence-corrected chi connectivity index (χ3v) is 3.31. The first kappa shape index (κ1) is 16.0. The molecule has 7 heteroatoms. The molecule has 2 aromatic rings. The number of hydrogen-bond acceptors (Lipinski definition) is 4. The molecule has 0 saturated heterocycles. The van der Waals surface area contributed by atoms with Crippen LogP contribution >= 0.6 is 11.6 Å². The lowest BCUT2D eigenvalue weighted by molar-refractivity contribution is -0.140. The maximum atomic E-state index is 12.0. The molecular formula is C15H15ClN2O4. The van der Waals surface area contributed by atoms with Crippen LogP contribution in [-0.2, 0) is 4.79 Å². The summed E-state index contributed by atoms with van der Waals surface area (Å²) in [6, 6.07) is 7.39. The highest BCUT2D eigenvalue weighted by Gasteiger charge is 2.25. The van der Waals surface area contributed by atoms with E-state index in [1.54, 1.807) is 38.1 Å². The van der Waals surface area contributed by atoms with Crippen LogP contribution in [0.3, 0.4) is 0 Å². The number of nitrogens with one attached hydrogen (secondary N) is 1. The number of nitrogens with zero attached hydrogens (tertiary/aromatic N) is 1. The average molecular weight is 323 g/mol. The molecule has 0 aliphatic rings. The van der Waals surface area contributed by atoms with Crippen LogP contribution in [-0.4, -0.2) is 28.2 Å². The second-order valence-electron chi connectivity index (χ2n) is 5.12. The molecule has 1 aromatic heterocycles. The highest BCUT2D eigenvalue weighted by atomic mass is 35.5. The summed E-state index contributed by atoms with van der Waals surface area (Å²) in [5.41, 5.74) is 1.15. The van der Waals surface area contributed by atoms with Gasteiger partial charge in [-0.1, -0.05) is 42.7 Å². The quantitative estimate of drug-likeness (QED) is 0.883. The maximum Gasteiger partial charge on any atom is 0.326 e. The fourth-order valence-electron chi connectivity index (χ4n) is 1.89. The minimum absolute atomic E-state index is 0.0538. The topological polar surface area (TPSA) is 92.4 Å². The Hall–Kier alpha value is -2.34. The summed E-state index contributed by atoms with van der Waals surface area (Å²) in [5, 5.41) is 15.8. The molecule has 0 radical (unpaired) electrons. The second kappa shape index (κ2) is 6.62. The van der Waals surface area contributed by atoms with E-state index < -0.39 is 17.9 Å². The number of aromatic nitrogens is 1. The monoisotopic (exact) mass is 322 g/mol. The third kappa shape index (κ3) is 3.65. The molecule has 1 heterocycles. The number of carboxylic acids is 1. The summed E-state index contributed by atoms with van der Waals surface area (Å²) in [6.45, 7) is 3.41. The van der Waals surface area contributed by atoms with E-state index in [0.717, 1.165) is 0 Å². The van der Waals surface area contributed by atoms with Gasteiger partial charge in [-0.2, -0.15) is 0 Å².